The molecule has 0 bridgehead atoms. The summed E-state index contributed by atoms with van der Waals surface area (Å²) in [7, 11) is 0. The summed E-state index contributed by atoms with van der Waals surface area (Å²) in [5.41, 5.74) is 4.47. The van der Waals surface area contributed by atoms with Crippen molar-refractivity contribution in [1.29, 1.82) is 0 Å². The molecule has 0 atom stereocenters. The Labute approximate surface area is 101 Å². The Hall–Kier alpha value is -0.0500. The maximum Gasteiger partial charge on any atom is 0.0247 e. The zero-order chi connectivity index (χ0) is 10.6. The van der Waals surface area contributed by atoms with Crippen LogP contribution in [0.1, 0.15) is 49.8 Å². The maximum absolute atomic E-state index is 2.44. The lowest BCUT2D eigenvalue weighted by molar-refractivity contribution is 0.851. The van der Waals surface area contributed by atoms with Gasteiger partial charge in [0.05, 0.1) is 0 Å². The van der Waals surface area contributed by atoms with Gasteiger partial charge >= 0.3 is 0 Å². The van der Waals surface area contributed by atoms with Crippen LogP contribution in [0.2, 0.25) is 0 Å². The minimum Gasteiger partial charge on any atom is -0.0812 e. The second-order valence-corrected chi connectivity index (χ2v) is 4.88. The minimum absolute atomic E-state index is 0.647. The van der Waals surface area contributed by atoms with Crippen LogP contribution < -0.4 is 0 Å². The van der Waals surface area contributed by atoms with Gasteiger partial charge in [-0.2, -0.15) is 0 Å². The number of hydrogen-bond acceptors (Lipinski definition) is 0. The summed E-state index contributed by atoms with van der Waals surface area (Å²) in [5.74, 6) is 0.647. The Morgan fingerprint density at radius 3 is 2.29 bits per heavy atom. The van der Waals surface area contributed by atoms with Gasteiger partial charge in [0.1, 0.15) is 0 Å². The largest absolute Gasteiger partial charge is 0.0812 e. The van der Waals surface area contributed by atoms with Crippen LogP contribution in [0.15, 0.2) is 18.2 Å². The molecule has 0 spiro atoms. The predicted octanol–water partition coefficient (Wildman–Crippen LogP) is 4.70. The fourth-order valence-electron chi connectivity index (χ4n) is 1.63. The summed E-state index contributed by atoms with van der Waals surface area (Å²) in [6.07, 6.45) is 2.45. The molecule has 0 saturated heterocycles. The molecule has 0 saturated carbocycles. The molecule has 1 heteroatoms. The minimum atomic E-state index is 0.647. The van der Waals surface area contributed by atoms with Crippen molar-refractivity contribution < 1.29 is 0 Å². The molecule has 1 rings (SSSR count). The molecule has 0 N–H and O–H groups in total. The van der Waals surface area contributed by atoms with Gasteiger partial charge in [0.15, 0.2) is 0 Å². The molecule has 78 valence electrons. The van der Waals surface area contributed by atoms with Crippen LogP contribution in [0.25, 0.3) is 0 Å². The summed E-state index contributed by atoms with van der Waals surface area (Å²) in [6.45, 7) is 6.77. The number of rotatable bonds is 4. The van der Waals surface area contributed by atoms with Gasteiger partial charge in [-0.05, 0) is 29.0 Å². The standard InChI is InChI=1S/C13H19I/c1-4-5-11-6-12(9-14)8-13(7-11)10(2)3/h6-8,10H,4-5,9H2,1-3H3. The van der Waals surface area contributed by atoms with Crippen LogP contribution in [0.3, 0.4) is 0 Å². The van der Waals surface area contributed by atoms with E-state index in [-0.39, 0.29) is 0 Å². The first-order chi connectivity index (χ1) is 6.67. The molecule has 0 unspecified atom stereocenters. The fourth-order valence-corrected chi connectivity index (χ4v) is 2.08. The van der Waals surface area contributed by atoms with Gasteiger partial charge in [0.2, 0.25) is 0 Å². The van der Waals surface area contributed by atoms with E-state index in [1.54, 1.807) is 0 Å². The highest BCUT2D eigenvalue weighted by molar-refractivity contribution is 14.1. The second-order valence-electron chi connectivity index (χ2n) is 4.12. The molecule has 0 aliphatic carbocycles. The summed E-state index contributed by atoms with van der Waals surface area (Å²) in [4.78, 5) is 0. The number of alkyl halides is 1. The normalized spacial score (nSPS) is 10.9. The van der Waals surface area contributed by atoms with E-state index in [0.29, 0.717) is 5.92 Å². The van der Waals surface area contributed by atoms with E-state index < -0.39 is 0 Å². The Bertz CT molecular complexity index is 289. The average molecular weight is 302 g/mol. The first kappa shape index (κ1) is 12.0. The average Bonchev–Trinajstić information content (AvgIpc) is 2.17. The number of halogens is 1. The highest BCUT2D eigenvalue weighted by Crippen LogP contribution is 2.20. The summed E-state index contributed by atoms with van der Waals surface area (Å²) in [5, 5.41) is 0. The maximum atomic E-state index is 2.44. The molecule has 0 heterocycles. The van der Waals surface area contributed by atoms with Crippen LogP contribution in [-0.4, -0.2) is 0 Å². The first-order valence-electron chi connectivity index (χ1n) is 5.36. The topological polar surface area (TPSA) is 0 Å². The highest BCUT2D eigenvalue weighted by Gasteiger charge is 2.03. The van der Waals surface area contributed by atoms with Gasteiger partial charge in [-0.15, -0.1) is 0 Å². The van der Waals surface area contributed by atoms with E-state index in [1.165, 1.54) is 29.5 Å². The third-order valence-electron chi connectivity index (χ3n) is 2.43. The molecule has 14 heavy (non-hydrogen) atoms. The third-order valence-corrected chi connectivity index (χ3v) is 3.32. The molecule has 1 aromatic carbocycles. The lowest BCUT2D eigenvalue weighted by atomic mass is 9.96. The van der Waals surface area contributed by atoms with Crippen LogP contribution >= 0.6 is 22.6 Å². The molecular weight excluding hydrogens is 283 g/mol. The van der Waals surface area contributed by atoms with Crippen molar-refractivity contribution in [2.45, 2.75) is 44.0 Å². The lowest BCUT2D eigenvalue weighted by Crippen LogP contribution is -1.93. The van der Waals surface area contributed by atoms with E-state index in [0.717, 1.165) is 4.43 Å². The van der Waals surface area contributed by atoms with Gasteiger partial charge in [-0.3, -0.25) is 0 Å². The fraction of sp³-hybridized carbons (Fsp3) is 0.538. The van der Waals surface area contributed by atoms with E-state index in [4.69, 9.17) is 0 Å². The molecule has 0 aliphatic heterocycles. The molecule has 0 aliphatic rings. The van der Waals surface area contributed by atoms with Crippen molar-refractivity contribution in [3.05, 3.63) is 34.9 Å². The predicted molar refractivity (Wildman–Crippen MR) is 72.3 cm³/mol. The summed E-state index contributed by atoms with van der Waals surface area (Å²) >= 11 is 2.44. The smallest absolute Gasteiger partial charge is 0.0247 e. The zero-order valence-corrected chi connectivity index (χ0v) is 11.5. The molecule has 0 aromatic heterocycles. The van der Waals surface area contributed by atoms with Crippen molar-refractivity contribution in [3.63, 3.8) is 0 Å². The number of hydrogen-bond donors (Lipinski definition) is 0. The molecule has 0 nitrogen and oxygen atoms in total. The quantitative estimate of drug-likeness (QED) is 0.559. The zero-order valence-electron chi connectivity index (χ0n) is 9.31. The van der Waals surface area contributed by atoms with E-state index in [9.17, 15) is 0 Å². The third kappa shape index (κ3) is 3.26. The molecule has 0 radical (unpaired) electrons. The monoisotopic (exact) mass is 302 g/mol. The van der Waals surface area contributed by atoms with Crippen LogP contribution in [0.4, 0.5) is 0 Å². The van der Waals surface area contributed by atoms with Crippen molar-refractivity contribution in [1.82, 2.24) is 0 Å². The van der Waals surface area contributed by atoms with E-state index in [1.807, 2.05) is 0 Å². The Balaban J connectivity index is 3.00. The van der Waals surface area contributed by atoms with Crippen molar-refractivity contribution >= 4 is 22.6 Å². The lowest BCUT2D eigenvalue weighted by Gasteiger charge is -2.10. The molecule has 1 aromatic rings. The number of aryl methyl sites for hydroxylation is 1. The van der Waals surface area contributed by atoms with Crippen molar-refractivity contribution in [2.75, 3.05) is 0 Å². The molecule has 0 fully saturated rings. The van der Waals surface area contributed by atoms with Gasteiger partial charge in [-0.1, -0.05) is 68.0 Å². The van der Waals surface area contributed by atoms with Crippen LogP contribution in [0, 0.1) is 0 Å². The van der Waals surface area contributed by atoms with E-state index >= 15 is 0 Å². The SMILES string of the molecule is CCCc1cc(CI)cc(C(C)C)c1. The Morgan fingerprint density at radius 1 is 1.14 bits per heavy atom. The molecular formula is C13H19I. The van der Waals surface area contributed by atoms with Gasteiger partial charge in [0, 0.05) is 4.43 Å². The molecule has 0 amide bonds. The van der Waals surface area contributed by atoms with Crippen molar-refractivity contribution in [3.8, 4) is 0 Å². The van der Waals surface area contributed by atoms with Gasteiger partial charge < -0.3 is 0 Å². The highest BCUT2D eigenvalue weighted by atomic mass is 127. The van der Waals surface area contributed by atoms with Crippen LogP contribution in [-0.2, 0) is 10.8 Å². The van der Waals surface area contributed by atoms with Crippen molar-refractivity contribution in [2.24, 2.45) is 0 Å². The number of benzene rings is 1. The Morgan fingerprint density at radius 2 is 1.79 bits per heavy atom. The van der Waals surface area contributed by atoms with Crippen LogP contribution in [0.5, 0.6) is 0 Å². The second kappa shape index (κ2) is 5.74. The summed E-state index contributed by atoms with van der Waals surface area (Å²) in [6, 6.07) is 7.06. The Kier molecular flexibility index (Phi) is 4.93. The van der Waals surface area contributed by atoms with Gasteiger partial charge in [-0.25, -0.2) is 0 Å². The van der Waals surface area contributed by atoms with Gasteiger partial charge in [0.25, 0.3) is 0 Å². The first-order valence-corrected chi connectivity index (χ1v) is 6.88. The summed E-state index contributed by atoms with van der Waals surface area (Å²) < 4.78 is 1.12. The van der Waals surface area contributed by atoms with E-state index in [2.05, 4.69) is 61.6 Å².